The molecule has 1 saturated heterocycles. The molecule has 1 aromatic carbocycles. The Kier molecular flexibility index (Phi) is 3.21. The van der Waals surface area contributed by atoms with Crippen molar-refractivity contribution in [2.45, 2.75) is 38.6 Å². The van der Waals surface area contributed by atoms with Crippen LogP contribution in [0, 0.1) is 18.8 Å². The predicted molar refractivity (Wildman–Crippen MR) is 72.7 cm³/mol. The first-order valence-electron chi connectivity index (χ1n) is 7.07. The Labute approximate surface area is 109 Å². The number of aryl methyl sites for hydroxylation is 1. The smallest absolute Gasteiger partial charge is 0.164 e. The number of benzene rings is 1. The second-order valence-corrected chi connectivity index (χ2v) is 5.86. The molecule has 2 fully saturated rings. The third kappa shape index (κ3) is 2.22. The van der Waals surface area contributed by atoms with Crippen molar-refractivity contribution in [2.24, 2.45) is 11.8 Å². The minimum absolute atomic E-state index is 0.292. The molecule has 3 atom stereocenters. The Bertz CT molecular complexity index is 437. The highest BCUT2D eigenvalue weighted by Crippen LogP contribution is 2.38. The molecule has 0 spiro atoms. The first-order chi connectivity index (χ1) is 8.74. The summed E-state index contributed by atoms with van der Waals surface area (Å²) in [6, 6.07) is 8.38. The lowest BCUT2D eigenvalue weighted by Crippen LogP contribution is -2.29. The second-order valence-electron chi connectivity index (χ2n) is 5.86. The predicted octanol–water partition coefficient (Wildman–Crippen LogP) is 2.96. The van der Waals surface area contributed by atoms with Gasteiger partial charge in [-0.05, 0) is 38.1 Å². The van der Waals surface area contributed by atoms with Gasteiger partial charge in [0.2, 0.25) is 0 Å². The zero-order chi connectivity index (χ0) is 12.5. The van der Waals surface area contributed by atoms with Gasteiger partial charge in [-0.3, -0.25) is 4.79 Å². The van der Waals surface area contributed by atoms with E-state index in [-0.39, 0.29) is 0 Å². The van der Waals surface area contributed by atoms with Gasteiger partial charge in [0.25, 0.3) is 0 Å². The van der Waals surface area contributed by atoms with E-state index in [9.17, 15) is 4.79 Å². The quantitative estimate of drug-likeness (QED) is 0.827. The number of fused-ring (bicyclic) bond motifs is 1. The van der Waals surface area contributed by atoms with E-state index in [1.165, 1.54) is 24.8 Å². The van der Waals surface area contributed by atoms with E-state index >= 15 is 0 Å². The standard InChI is InChI=1S/C16H21NO/c1-11-5-7-12(8-6-11)16(18)9-15-14-4-2-3-13(14)10-17-15/h5-8,13-15,17H,2-4,9-10H2,1H3. The largest absolute Gasteiger partial charge is 0.313 e. The molecule has 1 aliphatic heterocycles. The lowest BCUT2D eigenvalue weighted by Gasteiger charge is -2.17. The molecule has 0 aromatic heterocycles. The fourth-order valence-corrected chi connectivity index (χ4v) is 3.58. The average Bonchev–Trinajstić information content (AvgIpc) is 2.95. The van der Waals surface area contributed by atoms with E-state index in [4.69, 9.17) is 0 Å². The summed E-state index contributed by atoms with van der Waals surface area (Å²) in [6.07, 6.45) is 4.69. The first kappa shape index (κ1) is 11.9. The van der Waals surface area contributed by atoms with E-state index in [0.29, 0.717) is 18.2 Å². The second kappa shape index (κ2) is 4.85. The number of carbonyl (C=O) groups is 1. The van der Waals surface area contributed by atoms with Crippen molar-refractivity contribution < 1.29 is 4.79 Å². The van der Waals surface area contributed by atoms with Gasteiger partial charge in [-0.15, -0.1) is 0 Å². The summed E-state index contributed by atoms with van der Waals surface area (Å²) in [7, 11) is 0. The number of nitrogens with one attached hydrogen (secondary N) is 1. The molecule has 1 heterocycles. The lowest BCUT2D eigenvalue weighted by molar-refractivity contribution is 0.0963. The summed E-state index contributed by atoms with van der Waals surface area (Å²) < 4.78 is 0. The summed E-state index contributed by atoms with van der Waals surface area (Å²) in [5, 5.41) is 3.55. The summed E-state index contributed by atoms with van der Waals surface area (Å²) >= 11 is 0. The fourth-order valence-electron chi connectivity index (χ4n) is 3.58. The SMILES string of the molecule is Cc1ccc(C(=O)CC2NCC3CCCC32)cc1. The van der Waals surface area contributed by atoms with Crippen LogP contribution in [0.2, 0.25) is 0 Å². The summed E-state index contributed by atoms with van der Waals surface area (Å²) in [4.78, 5) is 12.3. The van der Waals surface area contributed by atoms with Gasteiger partial charge < -0.3 is 5.32 Å². The molecule has 3 rings (SSSR count). The van der Waals surface area contributed by atoms with E-state index in [0.717, 1.165) is 23.9 Å². The Morgan fingerprint density at radius 3 is 2.83 bits per heavy atom. The molecule has 96 valence electrons. The number of rotatable bonds is 3. The van der Waals surface area contributed by atoms with Crippen LogP contribution in [0.25, 0.3) is 0 Å². The third-order valence-corrected chi connectivity index (χ3v) is 4.66. The van der Waals surface area contributed by atoms with Crippen molar-refractivity contribution in [3.8, 4) is 0 Å². The molecule has 1 aliphatic carbocycles. The van der Waals surface area contributed by atoms with Crippen molar-refractivity contribution in [1.29, 1.82) is 0 Å². The van der Waals surface area contributed by atoms with Crippen molar-refractivity contribution in [2.75, 3.05) is 6.54 Å². The molecule has 1 saturated carbocycles. The molecule has 0 amide bonds. The molecular weight excluding hydrogens is 222 g/mol. The van der Waals surface area contributed by atoms with Gasteiger partial charge in [-0.1, -0.05) is 36.2 Å². The molecule has 1 aromatic rings. The number of Topliss-reactive ketones (excluding diaryl/α,β-unsaturated/α-hetero) is 1. The van der Waals surface area contributed by atoms with Crippen molar-refractivity contribution in [1.82, 2.24) is 5.32 Å². The van der Waals surface area contributed by atoms with Gasteiger partial charge in [-0.2, -0.15) is 0 Å². The molecule has 18 heavy (non-hydrogen) atoms. The van der Waals surface area contributed by atoms with Crippen LogP contribution in [-0.4, -0.2) is 18.4 Å². The lowest BCUT2D eigenvalue weighted by atomic mass is 9.90. The molecule has 2 nitrogen and oxygen atoms in total. The topological polar surface area (TPSA) is 29.1 Å². The normalized spacial score (nSPS) is 30.4. The molecular formula is C16H21NO. The fraction of sp³-hybridized carbons (Fsp3) is 0.562. The van der Waals surface area contributed by atoms with Crippen LogP contribution in [0.5, 0.6) is 0 Å². The Morgan fingerprint density at radius 1 is 1.28 bits per heavy atom. The van der Waals surface area contributed by atoms with Crippen LogP contribution in [0.4, 0.5) is 0 Å². The van der Waals surface area contributed by atoms with Gasteiger partial charge in [0.05, 0.1) is 0 Å². The molecule has 3 unspecified atom stereocenters. The molecule has 1 N–H and O–H groups in total. The average molecular weight is 243 g/mol. The van der Waals surface area contributed by atoms with E-state index in [2.05, 4.69) is 12.2 Å². The Morgan fingerprint density at radius 2 is 2.06 bits per heavy atom. The van der Waals surface area contributed by atoms with Crippen LogP contribution in [0.1, 0.15) is 41.6 Å². The van der Waals surface area contributed by atoms with Crippen molar-refractivity contribution in [3.05, 3.63) is 35.4 Å². The highest BCUT2D eigenvalue weighted by Gasteiger charge is 2.39. The van der Waals surface area contributed by atoms with Crippen LogP contribution in [-0.2, 0) is 0 Å². The monoisotopic (exact) mass is 243 g/mol. The van der Waals surface area contributed by atoms with Crippen molar-refractivity contribution in [3.63, 3.8) is 0 Å². The van der Waals surface area contributed by atoms with E-state index in [1.54, 1.807) is 0 Å². The minimum atomic E-state index is 0.292. The molecule has 0 radical (unpaired) electrons. The molecule has 2 aliphatic rings. The highest BCUT2D eigenvalue weighted by molar-refractivity contribution is 5.96. The van der Waals surface area contributed by atoms with Crippen LogP contribution >= 0.6 is 0 Å². The Hall–Kier alpha value is -1.15. The Balaban J connectivity index is 1.66. The van der Waals surface area contributed by atoms with Crippen LogP contribution in [0.3, 0.4) is 0 Å². The maximum atomic E-state index is 12.3. The summed E-state index contributed by atoms with van der Waals surface area (Å²) in [5.74, 6) is 1.88. The van der Waals surface area contributed by atoms with E-state index in [1.807, 2.05) is 24.3 Å². The van der Waals surface area contributed by atoms with Gasteiger partial charge in [0.1, 0.15) is 0 Å². The zero-order valence-corrected chi connectivity index (χ0v) is 11.0. The van der Waals surface area contributed by atoms with Gasteiger partial charge >= 0.3 is 0 Å². The number of carbonyl (C=O) groups excluding carboxylic acids is 1. The van der Waals surface area contributed by atoms with Gasteiger partial charge in [0.15, 0.2) is 5.78 Å². The third-order valence-electron chi connectivity index (χ3n) is 4.66. The number of hydrogen-bond acceptors (Lipinski definition) is 2. The number of ketones is 1. The minimum Gasteiger partial charge on any atom is -0.313 e. The molecule has 2 heteroatoms. The summed E-state index contributed by atoms with van der Waals surface area (Å²) in [5.41, 5.74) is 2.07. The van der Waals surface area contributed by atoms with Crippen LogP contribution < -0.4 is 5.32 Å². The van der Waals surface area contributed by atoms with E-state index < -0.39 is 0 Å². The number of hydrogen-bond donors (Lipinski definition) is 1. The van der Waals surface area contributed by atoms with Gasteiger partial charge in [-0.25, -0.2) is 0 Å². The van der Waals surface area contributed by atoms with Crippen LogP contribution in [0.15, 0.2) is 24.3 Å². The highest BCUT2D eigenvalue weighted by atomic mass is 16.1. The van der Waals surface area contributed by atoms with Crippen molar-refractivity contribution >= 4 is 5.78 Å². The molecule has 0 bridgehead atoms. The zero-order valence-electron chi connectivity index (χ0n) is 11.0. The van der Waals surface area contributed by atoms with Gasteiger partial charge in [0, 0.05) is 18.0 Å². The summed E-state index contributed by atoms with van der Waals surface area (Å²) in [6.45, 7) is 3.17. The maximum Gasteiger partial charge on any atom is 0.164 e. The maximum absolute atomic E-state index is 12.3. The first-order valence-corrected chi connectivity index (χ1v) is 7.07.